The van der Waals surface area contributed by atoms with Crippen molar-refractivity contribution >= 4 is 23.4 Å². The summed E-state index contributed by atoms with van der Waals surface area (Å²) in [6, 6.07) is 9.15. The lowest BCUT2D eigenvalue weighted by molar-refractivity contribution is -0.115. The van der Waals surface area contributed by atoms with Crippen molar-refractivity contribution in [3.8, 4) is 0 Å². The number of anilines is 1. The Morgan fingerprint density at radius 2 is 2.05 bits per heavy atom. The molecule has 5 nitrogen and oxygen atoms in total. The highest BCUT2D eigenvalue weighted by molar-refractivity contribution is 8.00. The number of hydrogen-bond acceptors (Lipinski definition) is 4. The fraction of sp³-hybridized carbons (Fsp3) is 0.214. The van der Waals surface area contributed by atoms with E-state index in [0.29, 0.717) is 11.6 Å². The van der Waals surface area contributed by atoms with Crippen molar-refractivity contribution in [3.05, 3.63) is 52.4 Å². The number of aryl methyl sites for hydroxylation is 1. The molecule has 102 valence electrons. The molecule has 1 atom stereocenters. The third-order valence-corrected chi connectivity index (χ3v) is 4.31. The Labute approximate surface area is 119 Å². The number of hydrogen-bond donors (Lipinski definition) is 2. The van der Waals surface area contributed by atoms with Crippen LogP contribution in [0, 0.1) is 0 Å². The molecule has 3 rings (SSSR count). The first kappa shape index (κ1) is 12.9. The Hall–Kier alpha value is -2.08. The predicted molar refractivity (Wildman–Crippen MR) is 77.9 cm³/mol. The van der Waals surface area contributed by atoms with Gasteiger partial charge >= 0.3 is 0 Å². The number of aromatic amines is 1. The monoisotopic (exact) mass is 287 g/mol. The molecule has 1 aliphatic heterocycles. The topological polar surface area (TPSA) is 74.8 Å². The number of nitrogens with one attached hydrogen (secondary N) is 2. The average molecular weight is 287 g/mol. The molecule has 2 heterocycles. The molecule has 2 N–H and O–H groups in total. The number of benzene rings is 1. The number of H-pyrrole nitrogens is 1. The van der Waals surface area contributed by atoms with Crippen molar-refractivity contribution in [1.82, 2.24) is 9.97 Å². The van der Waals surface area contributed by atoms with Crippen molar-refractivity contribution < 1.29 is 4.79 Å². The summed E-state index contributed by atoms with van der Waals surface area (Å²) in [5.41, 5.74) is 1.80. The van der Waals surface area contributed by atoms with E-state index in [2.05, 4.69) is 15.3 Å². The number of rotatable bonds is 2. The van der Waals surface area contributed by atoms with Crippen LogP contribution in [0.2, 0.25) is 0 Å². The van der Waals surface area contributed by atoms with Crippen molar-refractivity contribution in [1.29, 1.82) is 0 Å². The Kier molecular flexibility index (Phi) is 3.56. The van der Waals surface area contributed by atoms with E-state index in [0.717, 1.165) is 17.7 Å². The zero-order chi connectivity index (χ0) is 13.9. The summed E-state index contributed by atoms with van der Waals surface area (Å²) >= 11 is 1.29. The molecular weight excluding hydrogens is 274 g/mol. The number of fused-ring (bicyclic) bond motifs is 1. The smallest absolute Gasteiger partial charge is 0.251 e. The van der Waals surface area contributed by atoms with Gasteiger partial charge in [0.1, 0.15) is 0 Å². The summed E-state index contributed by atoms with van der Waals surface area (Å²) in [4.78, 5) is 30.2. The van der Waals surface area contributed by atoms with E-state index in [9.17, 15) is 9.59 Å². The highest BCUT2D eigenvalue weighted by Gasteiger charge is 2.25. The van der Waals surface area contributed by atoms with E-state index in [1.165, 1.54) is 24.0 Å². The third kappa shape index (κ3) is 2.75. The lowest BCUT2D eigenvalue weighted by Gasteiger charge is -2.11. The molecule has 0 bridgehead atoms. The standard InChI is InChI=1S/C14H13N3O2S/c18-12-7-8-15-14(17-12)20-11-6-5-9-3-1-2-4-10(9)16-13(11)19/h1-4,7-8,11H,5-6H2,(H,16,19)(H,15,17,18). The summed E-state index contributed by atoms with van der Waals surface area (Å²) in [5, 5.41) is 3.15. The van der Waals surface area contributed by atoms with Gasteiger partial charge in [0, 0.05) is 18.0 Å². The minimum Gasteiger partial charge on any atom is -0.325 e. The second kappa shape index (κ2) is 5.50. The summed E-state index contributed by atoms with van der Waals surface area (Å²) in [6.45, 7) is 0. The van der Waals surface area contributed by atoms with Crippen LogP contribution in [-0.4, -0.2) is 21.1 Å². The fourth-order valence-corrected chi connectivity index (χ4v) is 3.10. The lowest BCUT2D eigenvalue weighted by Crippen LogP contribution is -2.24. The van der Waals surface area contributed by atoms with Crippen LogP contribution in [0.1, 0.15) is 12.0 Å². The highest BCUT2D eigenvalue weighted by Crippen LogP contribution is 2.29. The van der Waals surface area contributed by atoms with Crippen molar-refractivity contribution in [2.24, 2.45) is 0 Å². The Morgan fingerprint density at radius 3 is 2.90 bits per heavy atom. The maximum Gasteiger partial charge on any atom is 0.251 e. The number of carbonyl (C=O) groups is 1. The number of carbonyl (C=O) groups excluding carboxylic acids is 1. The van der Waals surface area contributed by atoms with Crippen molar-refractivity contribution in [2.45, 2.75) is 23.2 Å². The molecule has 0 saturated heterocycles. The second-order valence-electron chi connectivity index (χ2n) is 4.53. The van der Waals surface area contributed by atoms with Gasteiger partial charge < -0.3 is 10.3 Å². The zero-order valence-corrected chi connectivity index (χ0v) is 11.4. The molecule has 0 radical (unpaired) electrons. The number of amides is 1. The third-order valence-electron chi connectivity index (χ3n) is 3.15. The van der Waals surface area contributed by atoms with E-state index in [1.807, 2.05) is 24.3 Å². The van der Waals surface area contributed by atoms with Gasteiger partial charge in [0.25, 0.3) is 5.56 Å². The molecule has 1 unspecified atom stereocenters. The van der Waals surface area contributed by atoms with Gasteiger partial charge in [-0.3, -0.25) is 9.59 Å². The van der Waals surface area contributed by atoms with Crippen LogP contribution in [0.3, 0.4) is 0 Å². The Bertz CT molecular complexity index is 699. The number of nitrogens with zero attached hydrogens (tertiary/aromatic N) is 1. The van der Waals surface area contributed by atoms with Gasteiger partial charge in [-0.25, -0.2) is 4.98 Å². The largest absolute Gasteiger partial charge is 0.325 e. The van der Waals surface area contributed by atoms with E-state index >= 15 is 0 Å². The molecule has 2 aromatic rings. The number of aromatic nitrogens is 2. The van der Waals surface area contributed by atoms with Gasteiger partial charge in [0.15, 0.2) is 5.16 Å². The minimum atomic E-state index is -0.257. The lowest BCUT2D eigenvalue weighted by atomic mass is 10.1. The summed E-state index contributed by atoms with van der Waals surface area (Å²) in [5.74, 6) is -0.0496. The molecule has 1 amide bonds. The van der Waals surface area contributed by atoms with Gasteiger partial charge in [-0.15, -0.1) is 0 Å². The fourth-order valence-electron chi connectivity index (χ4n) is 2.15. The van der Waals surface area contributed by atoms with Gasteiger partial charge in [0.05, 0.1) is 5.25 Å². The normalized spacial score (nSPS) is 18.0. The summed E-state index contributed by atoms with van der Waals surface area (Å²) in [7, 11) is 0. The zero-order valence-electron chi connectivity index (χ0n) is 10.6. The van der Waals surface area contributed by atoms with Crippen LogP contribution in [-0.2, 0) is 11.2 Å². The van der Waals surface area contributed by atoms with Gasteiger partial charge in [-0.05, 0) is 24.5 Å². The minimum absolute atomic E-state index is 0.0496. The molecule has 20 heavy (non-hydrogen) atoms. The van der Waals surface area contributed by atoms with Crippen LogP contribution in [0.4, 0.5) is 5.69 Å². The highest BCUT2D eigenvalue weighted by atomic mass is 32.2. The first-order valence-electron chi connectivity index (χ1n) is 6.33. The van der Waals surface area contributed by atoms with E-state index in [1.54, 1.807) is 0 Å². The first-order chi connectivity index (χ1) is 9.72. The average Bonchev–Trinajstić information content (AvgIpc) is 2.59. The maximum absolute atomic E-state index is 12.2. The molecule has 0 aliphatic carbocycles. The van der Waals surface area contributed by atoms with Crippen LogP contribution in [0.15, 0.2) is 46.5 Å². The van der Waals surface area contributed by atoms with Gasteiger partial charge in [-0.1, -0.05) is 30.0 Å². The molecule has 1 aliphatic rings. The molecular formula is C14H13N3O2S. The quantitative estimate of drug-likeness (QED) is 0.826. The number of para-hydroxylation sites is 1. The number of thioether (sulfide) groups is 1. The van der Waals surface area contributed by atoms with Crippen LogP contribution in [0.25, 0.3) is 0 Å². The Balaban J connectivity index is 1.80. The first-order valence-corrected chi connectivity index (χ1v) is 7.21. The summed E-state index contributed by atoms with van der Waals surface area (Å²) in [6.07, 6.45) is 2.99. The van der Waals surface area contributed by atoms with Crippen LogP contribution >= 0.6 is 11.8 Å². The molecule has 0 saturated carbocycles. The molecule has 1 aromatic carbocycles. The summed E-state index contributed by atoms with van der Waals surface area (Å²) < 4.78 is 0. The van der Waals surface area contributed by atoms with Crippen molar-refractivity contribution in [3.63, 3.8) is 0 Å². The predicted octanol–water partition coefficient (Wildman–Crippen LogP) is 1.82. The van der Waals surface area contributed by atoms with Gasteiger partial charge in [0.2, 0.25) is 5.91 Å². The molecule has 1 aromatic heterocycles. The van der Waals surface area contributed by atoms with E-state index < -0.39 is 0 Å². The molecule has 0 fully saturated rings. The molecule has 6 heteroatoms. The molecule has 0 spiro atoms. The van der Waals surface area contributed by atoms with E-state index in [4.69, 9.17) is 0 Å². The maximum atomic E-state index is 12.2. The van der Waals surface area contributed by atoms with Crippen molar-refractivity contribution in [2.75, 3.05) is 5.32 Å². The van der Waals surface area contributed by atoms with Gasteiger partial charge in [-0.2, -0.15) is 0 Å². The van der Waals surface area contributed by atoms with Crippen LogP contribution < -0.4 is 10.9 Å². The van der Waals surface area contributed by atoms with E-state index in [-0.39, 0.29) is 16.7 Å². The Morgan fingerprint density at radius 1 is 1.20 bits per heavy atom. The van der Waals surface area contributed by atoms with Crippen LogP contribution in [0.5, 0.6) is 0 Å². The SMILES string of the molecule is O=C1Nc2ccccc2CCC1Sc1nccc(=O)[nH]1. The second-order valence-corrected chi connectivity index (χ2v) is 5.72.